The molecule has 0 bridgehead atoms. The van der Waals surface area contributed by atoms with Crippen molar-refractivity contribution in [1.29, 1.82) is 0 Å². The summed E-state index contributed by atoms with van der Waals surface area (Å²) in [5.41, 5.74) is 0.397. The molecular weight excluding hydrogens is 342 g/mol. The molecule has 140 valence electrons. The van der Waals surface area contributed by atoms with Crippen LogP contribution in [0.5, 0.6) is 5.75 Å². The Labute approximate surface area is 149 Å². The summed E-state index contributed by atoms with van der Waals surface area (Å²) in [4.78, 5) is 14.2. The second kappa shape index (κ2) is 8.64. The van der Waals surface area contributed by atoms with Gasteiger partial charge in [0, 0.05) is 6.54 Å². The van der Waals surface area contributed by atoms with E-state index in [1.165, 1.54) is 12.1 Å². The molecule has 1 aliphatic heterocycles. The first-order valence-electron chi connectivity index (χ1n) is 8.59. The SMILES string of the molecule is CCCC[C@@H]1Oc2ccc(S(=O)(=O)NCCCN(C)C)cc2NC1=O. The number of hydrogen-bond donors (Lipinski definition) is 2. The summed E-state index contributed by atoms with van der Waals surface area (Å²) < 4.78 is 33.0. The van der Waals surface area contributed by atoms with Gasteiger partial charge < -0.3 is 15.0 Å². The monoisotopic (exact) mass is 369 g/mol. The van der Waals surface area contributed by atoms with Crippen LogP contribution in [0.25, 0.3) is 0 Å². The third-order valence-electron chi connectivity index (χ3n) is 3.97. The quantitative estimate of drug-likeness (QED) is 0.648. The van der Waals surface area contributed by atoms with Crippen molar-refractivity contribution in [2.24, 2.45) is 0 Å². The Morgan fingerprint density at radius 3 is 2.72 bits per heavy atom. The highest BCUT2D eigenvalue weighted by Gasteiger charge is 2.28. The highest BCUT2D eigenvalue weighted by molar-refractivity contribution is 7.89. The summed E-state index contributed by atoms with van der Waals surface area (Å²) in [6.45, 7) is 3.21. The molecule has 0 aliphatic carbocycles. The Hall–Kier alpha value is -1.64. The number of benzene rings is 1. The maximum absolute atomic E-state index is 12.4. The van der Waals surface area contributed by atoms with Gasteiger partial charge in [-0.05, 0) is 58.1 Å². The van der Waals surface area contributed by atoms with Gasteiger partial charge >= 0.3 is 0 Å². The van der Waals surface area contributed by atoms with Crippen molar-refractivity contribution in [3.05, 3.63) is 18.2 Å². The van der Waals surface area contributed by atoms with Crippen molar-refractivity contribution in [1.82, 2.24) is 9.62 Å². The van der Waals surface area contributed by atoms with Crippen molar-refractivity contribution in [3.8, 4) is 5.75 Å². The Kier molecular flexibility index (Phi) is 6.80. The van der Waals surface area contributed by atoms with E-state index in [0.717, 1.165) is 25.8 Å². The second-order valence-corrected chi connectivity index (χ2v) is 8.22. The van der Waals surface area contributed by atoms with E-state index >= 15 is 0 Å². The topological polar surface area (TPSA) is 87.7 Å². The molecule has 0 saturated carbocycles. The molecule has 1 aliphatic rings. The van der Waals surface area contributed by atoms with Crippen LogP contribution in [0.2, 0.25) is 0 Å². The zero-order valence-electron chi connectivity index (χ0n) is 15.0. The molecule has 0 fully saturated rings. The number of nitrogens with one attached hydrogen (secondary N) is 2. The van der Waals surface area contributed by atoms with E-state index in [0.29, 0.717) is 24.4 Å². The van der Waals surface area contributed by atoms with Gasteiger partial charge in [0.1, 0.15) is 5.75 Å². The fraction of sp³-hybridized carbons (Fsp3) is 0.588. The first-order chi connectivity index (χ1) is 11.8. The third-order valence-corrected chi connectivity index (χ3v) is 5.43. The first kappa shape index (κ1) is 19.7. The lowest BCUT2D eigenvalue weighted by atomic mass is 10.1. The average molecular weight is 369 g/mol. The number of nitrogens with zero attached hydrogens (tertiary/aromatic N) is 1. The minimum Gasteiger partial charge on any atom is -0.478 e. The van der Waals surface area contributed by atoms with Crippen LogP contribution < -0.4 is 14.8 Å². The van der Waals surface area contributed by atoms with E-state index in [-0.39, 0.29) is 10.8 Å². The van der Waals surface area contributed by atoms with Gasteiger partial charge in [-0.1, -0.05) is 13.3 Å². The fourth-order valence-corrected chi connectivity index (χ4v) is 3.66. The normalized spacial score (nSPS) is 17.1. The lowest BCUT2D eigenvalue weighted by molar-refractivity contribution is -0.123. The maximum atomic E-state index is 12.4. The summed E-state index contributed by atoms with van der Waals surface area (Å²) in [6, 6.07) is 4.54. The van der Waals surface area contributed by atoms with Crippen LogP contribution in [0.1, 0.15) is 32.6 Å². The van der Waals surface area contributed by atoms with E-state index in [4.69, 9.17) is 4.74 Å². The van der Waals surface area contributed by atoms with Gasteiger partial charge in [-0.2, -0.15) is 0 Å². The molecule has 2 N–H and O–H groups in total. The van der Waals surface area contributed by atoms with Gasteiger partial charge in [0.15, 0.2) is 6.10 Å². The highest BCUT2D eigenvalue weighted by atomic mass is 32.2. The minimum absolute atomic E-state index is 0.118. The number of rotatable bonds is 9. The average Bonchev–Trinajstić information content (AvgIpc) is 2.56. The van der Waals surface area contributed by atoms with Crippen LogP contribution in [0.4, 0.5) is 5.69 Å². The molecule has 0 aromatic heterocycles. The third kappa shape index (κ3) is 5.42. The van der Waals surface area contributed by atoms with Crippen LogP contribution in [-0.4, -0.2) is 52.5 Å². The highest BCUT2D eigenvalue weighted by Crippen LogP contribution is 2.32. The van der Waals surface area contributed by atoms with Gasteiger partial charge in [-0.15, -0.1) is 0 Å². The predicted octanol–water partition coefficient (Wildman–Crippen LogP) is 1.81. The van der Waals surface area contributed by atoms with Crippen LogP contribution >= 0.6 is 0 Å². The maximum Gasteiger partial charge on any atom is 0.265 e. The van der Waals surface area contributed by atoms with Crippen molar-refractivity contribution < 1.29 is 17.9 Å². The number of carbonyl (C=O) groups excluding carboxylic acids is 1. The van der Waals surface area contributed by atoms with E-state index in [1.54, 1.807) is 6.07 Å². The van der Waals surface area contributed by atoms with Crippen LogP contribution in [-0.2, 0) is 14.8 Å². The van der Waals surface area contributed by atoms with Crippen molar-refractivity contribution in [3.63, 3.8) is 0 Å². The zero-order valence-corrected chi connectivity index (χ0v) is 15.9. The standard InChI is InChI=1S/C17H27N3O4S/c1-4-5-7-16-17(21)19-14-12-13(8-9-15(14)24-16)25(22,23)18-10-6-11-20(2)3/h8-9,12,16,18H,4-7,10-11H2,1-3H3,(H,19,21)/t16-/m0/s1. The number of carbonyl (C=O) groups is 1. The van der Waals surface area contributed by atoms with Crippen molar-refractivity contribution in [2.75, 3.05) is 32.5 Å². The van der Waals surface area contributed by atoms with E-state index in [9.17, 15) is 13.2 Å². The van der Waals surface area contributed by atoms with Gasteiger partial charge in [0.25, 0.3) is 5.91 Å². The van der Waals surface area contributed by atoms with E-state index in [1.807, 2.05) is 19.0 Å². The first-order valence-corrected chi connectivity index (χ1v) is 10.1. The number of hydrogen-bond acceptors (Lipinski definition) is 5. The molecule has 7 nitrogen and oxygen atoms in total. The molecule has 2 rings (SSSR count). The number of ether oxygens (including phenoxy) is 1. The van der Waals surface area contributed by atoms with Crippen LogP contribution in [0, 0.1) is 0 Å². The Morgan fingerprint density at radius 2 is 2.04 bits per heavy atom. The number of anilines is 1. The van der Waals surface area contributed by atoms with Gasteiger partial charge in [-0.3, -0.25) is 4.79 Å². The minimum atomic E-state index is -3.61. The smallest absolute Gasteiger partial charge is 0.265 e. The van der Waals surface area contributed by atoms with Crippen LogP contribution in [0.15, 0.2) is 23.1 Å². The van der Waals surface area contributed by atoms with Gasteiger partial charge in [0.2, 0.25) is 10.0 Å². The zero-order chi connectivity index (χ0) is 18.4. The van der Waals surface area contributed by atoms with Crippen LogP contribution in [0.3, 0.4) is 0 Å². The lowest BCUT2D eigenvalue weighted by Gasteiger charge is -2.26. The molecule has 1 heterocycles. The summed E-state index contributed by atoms with van der Waals surface area (Å²) in [5.74, 6) is 0.279. The molecular formula is C17H27N3O4S. The van der Waals surface area contributed by atoms with E-state index < -0.39 is 16.1 Å². The molecule has 1 amide bonds. The number of unbranched alkanes of at least 4 members (excludes halogenated alkanes) is 1. The second-order valence-electron chi connectivity index (χ2n) is 6.45. The summed E-state index contributed by atoms with van der Waals surface area (Å²) in [5, 5.41) is 2.75. The number of sulfonamides is 1. The van der Waals surface area contributed by atoms with Crippen molar-refractivity contribution >= 4 is 21.6 Å². The Balaban J connectivity index is 2.05. The molecule has 1 atom stereocenters. The largest absolute Gasteiger partial charge is 0.478 e. The molecule has 1 aromatic carbocycles. The molecule has 0 radical (unpaired) electrons. The molecule has 8 heteroatoms. The molecule has 0 saturated heterocycles. The number of fused-ring (bicyclic) bond motifs is 1. The van der Waals surface area contributed by atoms with Gasteiger partial charge in [-0.25, -0.2) is 13.1 Å². The summed E-state index contributed by atoms with van der Waals surface area (Å²) in [6.07, 6.45) is 2.73. The molecule has 1 aromatic rings. The Bertz CT molecular complexity index is 704. The predicted molar refractivity (Wildman–Crippen MR) is 97.4 cm³/mol. The van der Waals surface area contributed by atoms with E-state index in [2.05, 4.69) is 17.0 Å². The fourth-order valence-electron chi connectivity index (χ4n) is 2.56. The van der Waals surface area contributed by atoms with Crippen molar-refractivity contribution in [2.45, 2.75) is 43.6 Å². The molecule has 25 heavy (non-hydrogen) atoms. The summed E-state index contributed by atoms with van der Waals surface area (Å²) in [7, 11) is 0.266. The Morgan fingerprint density at radius 1 is 1.28 bits per heavy atom. The number of amides is 1. The summed E-state index contributed by atoms with van der Waals surface area (Å²) >= 11 is 0. The van der Waals surface area contributed by atoms with Gasteiger partial charge in [0.05, 0.1) is 10.6 Å². The molecule has 0 unspecified atom stereocenters. The molecule has 0 spiro atoms. The lowest BCUT2D eigenvalue weighted by Crippen LogP contribution is -2.37.